The zero-order chi connectivity index (χ0) is 12.3. The Hall–Kier alpha value is -1.04. The third-order valence-electron chi connectivity index (χ3n) is 2.37. The summed E-state index contributed by atoms with van der Waals surface area (Å²) in [5, 5.41) is 18.9. The zero-order valence-electron chi connectivity index (χ0n) is 9.05. The van der Waals surface area contributed by atoms with Gasteiger partial charge in [-0.2, -0.15) is 11.8 Å². The molecule has 0 unspecified atom stereocenters. The van der Waals surface area contributed by atoms with E-state index in [1.165, 1.54) is 11.3 Å². The third-order valence-corrected chi connectivity index (χ3v) is 4.54. The first-order valence-corrected chi connectivity index (χ1v) is 7.13. The summed E-state index contributed by atoms with van der Waals surface area (Å²) in [4.78, 5) is 11.6. The molecule has 0 amide bonds. The summed E-state index contributed by atoms with van der Waals surface area (Å²) in [7, 11) is 0. The highest BCUT2D eigenvalue weighted by Gasteiger charge is 2.16. The highest BCUT2D eigenvalue weighted by Crippen LogP contribution is 2.33. The van der Waals surface area contributed by atoms with Crippen LogP contribution in [0.2, 0.25) is 0 Å². The van der Waals surface area contributed by atoms with Crippen LogP contribution in [0.15, 0.2) is 24.3 Å². The van der Waals surface area contributed by atoms with E-state index in [0.29, 0.717) is 16.4 Å². The van der Waals surface area contributed by atoms with Crippen molar-refractivity contribution in [2.75, 3.05) is 12.4 Å². The van der Waals surface area contributed by atoms with E-state index < -0.39 is 5.97 Å². The number of thiophene rings is 1. The van der Waals surface area contributed by atoms with Gasteiger partial charge in [0, 0.05) is 16.2 Å². The van der Waals surface area contributed by atoms with Crippen molar-refractivity contribution < 1.29 is 15.0 Å². The number of carboxylic acids is 1. The number of fused-ring (bicyclic) bond motifs is 1. The number of aliphatic hydroxyl groups excluding tert-OH is 1. The van der Waals surface area contributed by atoms with Crippen LogP contribution in [0.5, 0.6) is 0 Å². The average molecular weight is 268 g/mol. The molecule has 0 aliphatic heterocycles. The van der Waals surface area contributed by atoms with E-state index in [1.807, 2.05) is 24.3 Å². The van der Waals surface area contributed by atoms with Gasteiger partial charge >= 0.3 is 5.97 Å². The Morgan fingerprint density at radius 2 is 2.12 bits per heavy atom. The van der Waals surface area contributed by atoms with Gasteiger partial charge in [0.15, 0.2) is 0 Å². The second-order valence-electron chi connectivity index (χ2n) is 3.49. The second-order valence-corrected chi connectivity index (χ2v) is 5.64. The summed E-state index contributed by atoms with van der Waals surface area (Å²) in [5.41, 5.74) is 0.872. The molecular weight excluding hydrogens is 256 g/mol. The second kappa shape index (κ2) is 5.53. The molecule has 2 aromatic rings. The lowest BCUT2D eigenvalue weighted by atomic mass is 10.1. The zero-order valence-corrected chi connectivity index (χ0v) is 10.7. The van der Waals surface area contributed by atoms with Crippen LogP contribution >= 0.6 is 23.1 Å². The van der Waals surface area contributed by atoms with Crippen molar-refractivity contribution in [1.82, 2.24) is 0 Å². The third kappa shape index (κ3) is 2.62. The van der Waals surface area contributed by atoms with Crippen LogP contribution in [-0.2, 0) is 5.75 Å². The fraction of sp³-hybridized carbons (Fsp3) is 0.250. The Kier molecular flexibility index (Phi) is 4.04. The normalized spacial score (nSPS) is 10.9. The van der Waals surface area contributed by atoms with Gasteiger partial charge in [0.05, 0.1) is 6.61 Å². The van der Waals surface area contributed by atoms with Crippen molar-refractivity contribution in [1.29, 1.82) is 0 Å². The number of carboxylic acid groups (broad SMARTS) is 1. The van der Waals surface area contributed by atoms with Gasteiger partial charge in [-0.3, -0.25) is 0 Å². The number of aliphatic hydroxyl groups is 1. The summed E-state index contributed by atoms with van der Waals surface area (Å²) in [6, 6.07) is 7.72. The van der Waals surface area contributed by atoms with Crippen LogP contribution in [0.1, 0.15) is 15.2 Å². The molecule has 2 N–H and O–H groups in total. The fourth-order valence-electron chi connectivity index (χ4n) is 1.65. The fourth-order valence-corrected chi connectivity index (χ4v) is 3.58. The summed E-state index contributed by atoms with van der Waals surface area (Å²) in [6.07, 6.45) is 0. The maximum Gasteiger partial charge on any atom is 0.346 e. The molecule has 1 aromatic carbocycles. The molecule has 1 aromatic heterocycles. The van der Waals surface area contributed by atoms with Crippen molar-refractivity contribution in [3.8, 4) is 0 Å². The van der Waals surface area contributed by atoms with Crippen molar-refractivity contribution in [3.63, 3.8) is 0 Å². The molecule has 0 atom stereocenters. The van der Waals surface area contributed by atoms with Crippen LogP contribution in [0.3, 0.4) is 0 Å². The highest BCUT2D eigenvalue weighted by atomic mass is 32.2. The van der Waals surface area contributed by atoms with Crippen molar-refractivity contribution in [2.24, 2.45) is 0 Å². The van der Waals surface area contributed by atoms with E-state index in [1.54, 1.807) is 11.8 Å². The van der Waals surface area contributed by atoms with Gasteiger partial charge in [-0.1, -0.05) is 18.2 Å². The van der Waals surface area contributed by atoms with Crippen molar-refractivity contribution in [3.05, 3.63) is 34.7 Å². The monoisotopic (exact) mass is 268 g/mol. The van der Waals surface area contributed by atoms with Gasteiger partial charge in [0.1, 0.15) is 4.88 Å². The first-order chi connectivity index (χ1) is 8.24. The molecule has 2 rings (SSSR count). The van der Waals surface area contributed by atoms with Crippen LogP contribution in [0.4, 0.5) is 0 Å². The van der Waals surface area contributed by atoms with Crippen molar-refractivity contribution in [2.45, 2.75) is 5.75 Å². The smallest absolute Gasteiger partial charge is 0.346 e. The molecule has 0 aliphatic carbocycles. The SMILES string of the molecule is O=C(O)c1sc2ccccc2c1CSCCO. The Labute approximate surface area is 107 Å². The lowest BCUT2D eigenvalue weighted by Crippen LogP contribution is -1.97. The molecule has 90 valence electrons. The molecule has 5 heteroatoms. The molecule has 0 saturated heterocycles. The van der Waals surface area contributed by atoms with Crippen LogP contribution < -0.4 is 0 Å². The lowest BCUT2D eigenvalue weighted by Gasteiger charge is -2.00. The van der Waals surface area contributed by atoms with Gasteiger partial charge in [-0.15, -0.1) is 11.3 Å². The number of carbonyl (C=O) groups is 1. The Balaban J connectivity index is 2.41. The highest BCUT2D eigenvalue weighted by molar-refractivity contribution is 7.98. The Morgan fingerprint density at radius 3 is 2.82 bits per heavy atom. The standard InChI is InChI=1S/C12H12O3S2/c13-5-6-16-7-9-8-3-1-2-4-10(8)17-11(9)12(14)15/h1-4,13H,5-7H2,(H,14,15). The van der Waals surface area contributed by atoms with E-state index in [9.17, 15) is 9.90 Å². The summed E-state index contributed by atoms with van der Waals surface area (Å²) in [5.74, 6) is 0.390. The van der Waals surface area contributed by atoms with Crippen LogP contribution in [-0.4, -0.2) is 28.5 Å². The van der Waals surface area contributed by atoms with Gasteiger partial charge in [-0.05, 0) is 17.0 Å². The minimum absolute atomic E-state index is 0.120. The molecule has 0 saturated carbocycles. The predicted molar refractivity (Wildman–Crippen MR) is 72.0 cm³/mol. The quantitative estimate of drug-likeness (QED) is 0.819. The summed E-state index contributed by atoms with van der Waals surface area (Å²) < 4.78 is 1.00. The Morgan fingerprint density at radius 1 is 1.35 bits per heavy atom. The molecule has 0 fully saturated rings. The van der Waals surface area contributed by atoms with E-state index >= 15 is 0 Å². The molecule has 0 spiro atoms. The van der Waals surface area contributed by atoms with E-state index in [4.69, 9.17) is 5.11 Å². The molecule has 0 aliphatic rings. The number of benzene rings is 1. The number of rotatable bonds is 5. The number of thioether (sulfide) groups is 1. The first-order valence-electron chi connectivity index (χ1n) is 5.16. The summed E-state index contributed by atoms with van der Waals surface area (Å²) in [6.45, 7) is 0.120. The lowest BCUT2D eigenvalue weighted by molar-refractivity contribution is 0.0701. The van der Waals surface area contributed by atoms with Crippen molar-refractivity contribution >= 4 is 39.2 Å². The largest absolute Gasteiger partial charge is 0.477 e. The average Bonchev–Trinajstić information content (AvgIpc) is 2.69. The molecule has 1 heterocycles. The molecule has 3 nitrogen and oxygen atoms in total. The van der Waals surface area contributed by atoms with E-state index in [2.05, 4.69) is 0 Å². The summed E-state index contributed by atoms with van der Waals surface area (Å²) >= 11 is 2.87. The van der Waals surface area contributed by atoms with Gasteiger partial charge in [0.2, 0.25) is 0 Å². The number of hydrogen-bond donors (Lipinski definition) is 2. The molecule has 0 radical (unpaired) electrons. The molecule has 0 bridgehead atoms. The number of hydrogen-bond acceptors (Lipinski definition) is 4. The van der Waals surface area contributed by atoms with Gasteiger partial charge in [0.25, 0.3) is 0 Å². The topological polar surface area (TPSA) is 57.5 Å². The Bertz CT molecular complexity index is 534. The predicted octanol–water partition coefficient (Wildman–Crippen LogP) is 2.83. The number of aromatic carboxylic acids is 1. The van der Waals surface area contributed by atoms with E-state index in [0.717, 1.165) is 15.6 Å². The maximum absolute atomic E-state index is 11.2. The molecular formula is C12H12O3S2. The maximum atomic E-state index is 11.2. The van der Waals surface area contributed by atoms with E-state index in [-0.39, 0.29) is 6.61 Å². The van der Waals surface area contributed by atoms with Gasteiger partial charge < -0.3 is 10.2 Å². The minimum atomic E-state index is -0.870. The van der Waals surface area contributed by atoms with Crippen LogP contribution in [0.25, 0.3) is 10.1 Å². The first kappa shape index (κ1) is 12.4. The van der Waals surface area contributed by atoms with Gasteiger partial charge in [-0.25, -0.2) is 4.79 Å². The van der Waals surface area contributed by atoms with Crippen LogP contribution in [0, 0.1) is 0 Å². The molecule has 17 heavy (non-hydrogen) atoms. The minimum Gasteiger partial charge on any atom is -0.477 e.